The van der Waals surface area contributed by atoms with Crippen LogP contribution in [-0.4, -0.2) is 49.2 Å². The summed E-state index contributed by atoms with van der Waals surface area (Å²) in [6.45, 7) is 4.39. The number of benzene rings is 1. The Hall–Kier alpha value is -2.01. The largest absolute Gasteiger partial charge is 0.497 e. The molecule has 0 spiro atoms. The van der Waals surface area contributed by atoms with Crippen molar-refractivity contribution in [2.75, 3.05) is 27.3 Å². The van der Waals surface area contributed by atoms with Crippen molar-refractivity contribution in [3.8, 4) is 5.75 Å². The third-order valence-electron chi connectivity index (χ3n) is 7.37. The molecular formula is C22H28N2O3. The first kappa shape index (κ1) is 17.1. The maximum atomic E-state index is 13.4. The molecule has 4 heterocycles. The van der Waals surface area contributed by atoms with E-state index >= 15 is 0 Å². The van der Waals surface area contributed by atoms with Gasteiger partial charge < -0.3 is 14.5 Å². The molecule has 5 heteroatoms. The molecule has 1 aromatic heterocycles. The first-order chi connectivity index (χ1) is 13.1. The summed E-state index contributed by atoms with van der Waals surface area (Å²) in [5.74, 6) is 1.90. The molecule has 1 aliphatic carbocycles. The van der Waals surface area contributed by atoms with Gasteiger partial charge in [0.15, 0.2) is 0 Å². The van der Waals surface area contributed by atoms with E-state index in [1.54, 1.807) is 14.2 Å². The summed E-state index contributed by atoms with van der Waals surface area (Å²) in [6, 6.07) is 6.40. The Morgan fingerprint density at radius 1 is 1.37 bits per heavy atom. The molecule has 5 nitrogen and oxygen atoms in total. The average Bonchev–Trinajstić information content (AvgIpc) is 3.04. The van der Waals surface area contributed by atoms with Gasteiger partial charge in [-0.15, -0.1) is 0 Å². The lowest BCUT2D eigenvalue weighted by Crippen LogP contribution is -2.67. The minimum absolute atomic E-state index is 0.0676. The second kappa shape index (κ2) is 5.99. The van der Waals surface area contributed by atoms with Gasteiger partial charge in [-0.2, -0.15) is 0 Å². The van der Waals surface area contributed by atoms with Gasteiger partial charge in [0.2, 0.25) is 0 Å². The number of carbonyl (C=O) groups excluding carboxylic acids is 1. The predicted molar refractivity (Wildman–Crippen MR) is 104 cm³/mol. The van der Waals surface area contributed by atoms with Gasteiger partial charge in [-0.05, 0) is 54.9 Å². The zero-order valence-corrected chi connectivity index (χ0v) is 16.4. The van der Waals surface area contributed by atoms with Crippen molar-refractivity contribution in [2.45, 2.75) is 44.1 Å². The van der Waals surface area contributed by atoms with Gasteiger partial charge in [-0.3, -0.25) is 9.69 Å². The molecule has 1 saturated carbocycles. The quantitative estimate of drug-likeness (QED) is 0.845. The molecule has 1 N–H and O–H groups in total. The number of hydrogen-bond donors (Lipinski definition) is 1. The number of fused-ring (bicyclic) bond motifs is 4. The van der Waals surface area contributed by atoms with Gasteiger partial charge in [-0.1, -0.05) is 13.3 Å². The van der Waals surface area contributed by atoms with E-state index in [4.69, 9.17) is 9.47 Å². The Bertz CT molecular complexity index is 904. The minimum Gasteiger partial charge on any atom is -0.497 e. The third-order valence-corrected chi connectivity index (χ3v) is 7.37. The zero-order chi connectivity index (χ0) is 18.8. The summed E-state index contributed by atoms with van der Waals surface area (Å²) in [4.78, 5) is 19.6. The number of piperidine rings is 2. The molecule has 27 heavy (non-hydrogen) atoms. The molecule has 2 saturated heterocycles. The Morgan fingerprint density at radius 3 is 2.96 bits per heavy atom. The number of carbonyl (C=O) groups is 1. The van der Waals surface area contributed by atoms with Gasteiger partial charge in [0.05, 0.1) is 14.2 Å². The van der Waals surface area contributed by atoms with Crippen LogP contribution >= 0.6 is 0 Å². The number of hydrogen-bond acceptors (Lipinski definition) is 4. The van der Waals surface area contributed by atoms with Gasteiger partial charge in [0.1, 0.15) is 11.2 Å². The number of nitrogens with zero attached hydrogens (tertiary/aromatic N) is 1. The van der Waals surface area contributed by atoms with Crippen LogP contribution in [0.25, 0.3) is 10.9 Å². The Kier molecular flexibility index (Phi) is 3.80. The van der Waals surface area contributed by atoms with Crippen LogP contribution in [0, 0.1) is 11.8 Å². The highest BCUT2D eigenvalue weighted by atomic mass is 16.5. The third kappa shape index (κ3) is 2.18. The summed E-state index contributed by atoms with van der Waals surface area (Å²) in [5, 5.41) is 1.19. The van der Waals surface area contributed by atoms with Crippen molar-refractivity contribution >= 4 is 16.9 Å². The highest BCUT2D eigenvalue weighted by Crippen LogP contribution is 2.55. The molecular weight excluding hydrogens is 340 g/mol. The van der Waals surface area contributed by atoms with E-state index in [0.29, 0.717) is 11.8 Å². The lowest BCUT2D eigenvalue weighted by molar-refractivity contribution is -0.162. The summed E-state index contributed by atoms with van der Waals surface area (Å²) in [5.41, 5.74) is 2.90. The topological polar surface area (TPSA) is 54.6 Å². The first-order valence-corrected chi connectivity index (χ1v) is 10.1. The minimum atomic E-state index is -0.575. The van der Waals surface area contributed by atoms with Crippen LogP contribution < -0.4 is 4.74 Å². The van der Waals surface area contributed by atoms with Gasteiger partial charge in [0.25, 0.3) is 0 Å². The maximum absolute atomic E-state index is 13.4. The van der Waals surface area contributed by atoms with Crippen molar-refractivity contribution in [1.29, 1.82) is 0 Å². The Labute approximate surface area is 160 Å². The van der Waals surface area contributed by atoms with Crippen LogP contribution in [0.1, 0.15) is 37.4 Å². The second-order valence-corrected chi connectivity index (χ2v) is 8.52. The van der Waals surface area contributed by atoms with Crippen molar-refractivity contribution in [2.24, 2.45) is 11.8 Å². The number of aromatic amines is 1. The first-order valence-electron chi connectivity index (χ1n) is 10.1. The fourth-order valence-electron chi connectivity index (χ4n) is 6.42. The van der Waals surface area contributed by atoms with Gasteiger partial charge in [0, 0.05) is 35.7 Å². The number of rotatable bonds is 3. The van der Waals surface area contributed by atoms with E-state index in [0.717, 1.165) is 49.3 Å². The van der Waals surface area contributed by atoms with Crippen LogP contribution in [0.2, 0.25) is 0 Å². The summed E-state index contributed by atoms with van der Waals surface area (Å²) in [6.07, 6.45) is 4.20. The molecule has 3 unspecified atom stereocenters. The average molecular weight is 368 g/mol. The molecule has 2 aromatic rings. The molecule has 0 radical (unpaired) electrons. The number of aromatic nitrogens is 1. The van der Waals surface area contributed by atoms with Crippen LogP contribution in [-0.2, 0) is 21.4 Å². The lowest BCUT2D eigenvalue weighted by atomic mass is 9.56. The second-order valence-electron chi connectivity index (χ2n) is 8.52. The molecule has 3 fully saturated rings. The lowest BCUT2D eigenvalue weighted by Gasteiger charge is -2.57. The number of methoxy groups -OCH3 is 2. The predicted octanol–water partition coefficient (Wildman–Crippen LogP) is 3.26. The summed E-state index contributed by atoms with van der Waals surface area (Å²) in [7, 11) is 3.24. The van der Waals surface area contributed by atoms with Crippen molar-refractivity contribution in [3.05, 3.63) is 29.5 Å². The van der Waals surface area contributed by atoms with E-state index in [1.807, 2.05) is 6.07 Å². The van der Waals surface area contributed by atoms with Crippen molar-refractivity contribution in [3.63, 3.8) is 0 Å². The molecule has 0 amide bonds. The smallest absolute Gasteiger partial charge is 0.319 e. The SMILES string of the molecule is CCC1C[C@@H]2CN3CCc4c([nH]c5ccc(OC)cc45)[C@](C(=O)OC)(C2)C13. The Balaban J connectivity index is 1.79. The van der Waals surface area contributed by atoms with Crippen LogP contribution in [0.3, 0.4) is 0 Å². The van der Waals surface area contributed by atoms with E-state index in [-0.39, 0.29) is 12.0 Å². The van der Waals surface area contributed by atoms with Crippen LogP contribution in [0.5, 0.6) is 5.75 Å². The molecule has 6 rings (SSSR count). The van der Waals surface area contributed by atoms with Crippen LogP contribution in [0.4, 0.5) is 0 Å². The van der Waals surface area contributed by atoms with Crippen molar-refractivity contribution < 1.29 is 14.3 Å². The van der Waals surface area contributed by atoms with Crippen molar-refractivity contribution in [1.82, 2.24) is 9.88 Å². The summed E-state index contributed by atoms with van der Waals surface area (Å²) < 4.78 is 10.9. The summed E-state index contributed by atoms with van der Waals surface area (Å²) >= 11 is 0. The monoisotopic (exact) mass is 368 g/mol. The van der Waals surface area contributed by atoms with E-state index in [1.165, 1.54) is 17.4 Å². The Morgan fingerprint density at radius 2 is 2.22 bits per heavy atom. The number of H-pyrrole nitrogens is 1. The number of ether oxygens (including phenoxy) is 2. The standard InChI is InChI=1S/C22H28N2O3/c1-4-14-9-13-11-22(21(25)27-3)19-16(7-8-24(12-13)20(14)22)17-10-15(26-2)5-6-18(17)23-19/h5-6,10,13-14,20,23H,4,7-9,11-12H2,1-3H3/t13-,14?,20?,22+/m0/s1. The van der Waals surface area contributed by atoms with Gasteiger partial charge >= 0.3 is 5.97 Å². The fourth-order valence-corrected chi connectivity index (χ4v) is 6.42. The highest BCUT2D eigenvalue weighted by Gasteiger charge is 2.62. The molecule has 4 aliphatic rings. The maximum Gasteiger partial charge on any atom is 0.319 e. The molecule has 4 bridgehead atoms. The molecule has 3 aliphatic heterocycles. The van der Waals surface area contributed by atoms with E-state index in [9.17, 15) is 4.79 Å². The zero-order valence-electron chi connectivity index (χ0n) is 16.4. The van der Waals surface area contributed by atoms with E-state index < -0.39 is 5.41 Å². The molecule has 1 aromatic carbocycles. The number of esters is 1. The fraction of sp³-hybridized carbons (Fsp3) is 0.591. The van der Waals surface area contributed by atoms with E-state index in [2.05, 4.69) is 28.9 Å². The highest BCUT2D eigenvalue weighted by molar-refractivity contribution is 5.92. The number of nitrogens with one attached hydrogen (secondary N) is 1. The normalized spacial score (nSPS) is 34.2. The molecule has 144 valence electrons. The van der Waals surface area contributed by atoms with Gasteiger partial charge in [-0.25, -0.2) is 0 Å². The molecule has 5 atom stereocenters. The van der Waals surface area contributed by atoms with Crippen LogP contribution in [0.15, 0.2) is 18.2 Å².